The second-order valence-corrected chi connectivity index (χ2v) is 3.10. The van der Waals surface area contributed by atoms with Crippen LogP contribution in [0.3, 0.4) is 0 Å². The number of carbonyl (C=O) groups is 1. The van der Waals surface area contributed by atoms with Crippen LogP contribution in [-0.4, -0.2) is 18.8 Å². The molecule has 0 spiro atoms. The normalized spacial score (nSPS) is 11.6. The van der Waals surface area contributed by atoms with Gasteiger partial charge in [0.2, 0.25) is 0 Å². The number of para-hydroxylation sites is 1. The van der Waals surface area contributed by atoms with E-state index in [1.807, 2.05) is 18.2 Å². The SMILES string of the molecule is C=C(C(=O)OCC)C(N)Oc1ccccc1. The molecule has 0 saturated carbocycles. The highest BCUT2D eigenvalue weighted by Gasteiger charge is 2.17. The minimum Gasteiger partial charge on any atom is -0.471 e. The summed E-state index contributed by atoms with van der Waals surface area (Å²) in [6, 6.07) is 8.99. The molecule has 0 amide bonds. The predicted molar refractivity (Wildman–Crippen MR) is 60.8 cm³/mol. The van der Waals surface area contributed by atoms with Crippen molar-refractivity contribution < 1.29 is 14.3 Å². The summed E-state index contributed by atoms with van der Waals surface area (Å²) in [5.74, 6) is 0.0476. The van der Waals surface area contributed by atoms with E-state index in [4.69, 9.17) is 15.2 Å². The van der Waals surface area contributed by atoms with Gasteiger partial charge in [0.1, 0.15) is 5.75 Å². The van der Waals surface area contributed by atoms with E-state index in [2.05, 4.69) is 6.58 Å². The molecule has 0 aliphatic carbocycles. The molecule has 2 N–H and O–H groups in total. The van der Waals surface area contributed by atoms with Gasteiger partial charge >= 0.3 is 5.97 Å². The Morgan fingerprint density at radius 2 is 2.06 bits per heavy atom. The van der Waals surface area contributed by atoms with Crippen molar-refractivity contribution in [1.29, 1.82) is 0 Å². The molecule has 4 heteroatoms. The van der Waals surface area contributed by atoms with Crippen LogP contribution in [0.4, 0.5) is 0 Å². The monoisotopic (exact) mass is 221 g/mol. The minimum absolute atomic E-state index is 0.103. The zero-order chi connectivity index (χ0) is 12.0. The first-order valence-corrected chi connectivity index (χ1v) is 4.98. The van der Waals surface area contributed by atoms with Crippen LogP contribution >= 0.6 is 0 Å². The van der Waals surface area contributed by atoms with Gasteiger partial charge in [-0.1, -0.05) is 24.8 Å². The van der Waals surface area contributed by atoms with Gasteiger partial charge in [-0.05, 0) is 19.1 Å². The maximum absolute atomic E-state index is 11.3. The molecule has 4 nitrogen and oxygen atoms in total. The minimum atomic E-state index is -0.888. The number of esters is 1. The number of hydrogen-bond acceptors (Lipinski definition) is 4. The molecule has 1 atom stereocenters. The molecule has 0 bridgehead atoms. The smallest absolute Gasteiger partial charge is 0.338 e. The fourth-order valence-electron chi connectivity index (χ4n) is 1.06. The Morgan fingerprint density at radius 3 is 2.62 bits per heavy atom. The summed E-state index contributed by atoms with van der Waals surface area (Å²) in [5.41, 5.74) is 5.76. The standard InChI is InChI=1S/C12H15NO3/c1-3-15-12(14)9(2)11(13)16-10-7-5-4-6-8-10/h4-8,11H,2-3,13H2,1H3. The van der Waals surface area contributed by atoms with Gasteiger partial charge in [-0.3, -0.25) is 5.73 Å². The van der Waals surface area contributed by atoms with Crippen LogP contribution in [-0.2, 0) is 9.53 Å². The van der Waals surface area contributed by atoms with Gasteiger partial charge in [0, 0.05) is 0 Å². The van der Waals surface area contributed by atoms with Gasteiger partial charge in [0.05, 0.1) is 12.2 Å². The maximum Gasteiger partial charge on any atom is 0.338 e. The molecule has 1 aromatic carbocycles. The lowest BCUT2D eigenvalue weighted by molar-refractivity contribution is -0.139. The van der Waals surface area contributed by atoms with Crippen LogP contribution in [0.5, 0.6) is 5.75 Å². The Kier molecular flexibility index (Phi) is 4.54. The van der Waals surface area contributed by atoms with E-state index in [1.165, 1.54) is 0 Å². The molecule has 0 aromatic heterocycles. The lowest BCUT2D eigenvalue weighted by Crippen LogP contribution is -2.33. The zero-order valence-corrected chi connectivity index (χ0v) is 9.18. The van der Waals surface area contributed by atoms with Crippen molar-refractivity contribution in [2.24, 2.45) is 5.73 Å². The Balaban J connectivity index is 2.55. The lowest BCUT2D eigenvalue weighted by Gasteiger charge is -2.15. The molecule has 1 unspecified atom stereocenters. The highest BCUT2D eigenvalue weighted by molar-refractivity contribution is 5.88. The highest BCUT2D eigenvalue weighted by atomic mass is 16.5. The number of ether oxygens (including phenoxy) is 2. The summed E-state index contributed by atoms with van der Waals surface area (Å²) in [6.07, 6.45) is -0.888. The van der Waals surface area contributed by atoms with Gasteiger partial charge < -0.3 is 9.47 Å². The van der Waals surface area contributed by atoms with Gasteiger partial charge in [0.15, 0.2) is 6.23 Å². The van der Waals surface area contributed by atoms with E-state index in [1.54, 1.807) is 19.1 Å². The van der Waals surface area contributed by atoms with Crippen molar-refractivity contribution in [2.75, 3.05) is 6.61 Å². The first kappa shape index (κ1) is 12.3. The lowest BCUT2D eigenvalue weighted by atomic mass is 10.2. The van der Waals surface area contributed by atoms with Crippen LogP contribution in [0.1, 0.15) is 6.92 Å². The molecule has 1 aromatic rings. The summed E-state index contributed by atoms with van der Waals surface area (Å²) < 4.78 is 10.1. The first-order chi connectivity index (χ1) is 7.65. The molecule has 0 radical (unpaired) electrons. The van der Waals surface area contributed by atoms with E-state index in [0.717, 1.165) is 0 Å². The Morgan fingerprint density at radius 1 is 1.44 bits per heavy atom. The number of hydrogen-bond donors (Lipinski definition) is 1. The fraction of sp³-hybridized carbons (Fsp3) is 0.250. The van der Waals surface area contributed by atoms with Gasteiger partial charge in [-0.25, -0.2) is 4.79 Å². The van der Waals surface area contributed by atoms with E-state index in [-0.39, 0.29) is 12.2 Å². The second-order valence-electron chi connectivity index (χ2n) is 3.10. The molecular weight excluding hydrogens is 206 g/mol. The second kappa shape index (κ2) is 5.92. The van der Waals surface area contributed by atoms with Gasteiger partial charge in [-0.2, -0.15) is 0 Å². The summed E-state index contributed by atoms with van der Waals surface area (Å²) >= 11 is 0. The number of nitrogens with two attached hydrogens (primary N) is 1. The molecular formula is C12H15NO3. The van der Waals surface area contributed by atoms with Crippen LogP contribution in [0.2, 0.25) is 0 Å². The molecule has 0 aliphatic rings. The molecule has 0 aliphatic heterocycles. The molecule has 0 heterocycles. The highest BCUT2D eigenvalue weighted by Crippen LogP contribution is 2.12. The topological polar surface area (TPSA) is 61.5 Å². The quantitative estimate of drug-likeness (QED) is 0.464. The van der Waals surface area contributed by atoms with Crippen molar-refractivity contribution in [3.63, 3.8) is 0 Å². The maximum atomic E-state index is 11.3. The van der Waals surface area contributed by atoms with Crippen LogP contribution in [0.15, 0.2) is 42.5 Å². The van der Waals surface area contributed by atoms with E-state index in [9.17, 15) is 4.79 Å². The largest absolute Gasteiger partial charge is 0.471 e. The third kappa shape index (κ3) is 3.40. The summed E-state index contributed by atoms with van der Waals surface area (Å²) in [4.78, 5) is 11.3. The average Bonchev–Trinajstić information content (AvgIpc) is 2.29. The van der Waals surface area contributed by atoms with Crippen molar-refractivity contribution in [1.82, 2.24) is 0 Å². The zero-order valence-electron chi connectivity index (χ0n) is 9.18. The summed E-state index contributed by atoms with van der Waals surface area (Å²) in [7, 11) is 0. The molecule has 16 heavy (non-hydrogen) atoms. The Bertz CT molecular complexity index is 362. The van der Waals surface area contributed by atoms with Crippen LogP contribution in [0, 0.1) is 0 Å². The van der Waals surface area contributed by atoms with Crippen LogP contribution in [0.25, 0.3) is 0 Å². The molecule has 0 saturated heterocycles. The van der Waals surface area contributed by atoms with Crippen molar-refractivity contribution in [3.8, 4) is 5.75 Å². The molecule has 0 fully saturated rings. The van der Waals surface area contributed by atoms with E-state index < -0.39 is 12.2 Å². The Labute approximate surface area is 94.7 Å². The van der Waals surface area contributed by atoms with Crippen molar-refractivity contribution >= 4 is 5.97 Å². The predicted octanol–water partition coefficient (Wildman–Crippen LogP) is 1.47. The summed E-state index contributed by atoms with van der Waals surface area (Å²) in [6.45, 7) is 5.55. The average molecular weight is 221 g/mol. The fourth-order valence-corrected chi connectivity index (χ4v) is 1.06. The number of benzene rings is 1. The van der Waals surface area contributed by atoms with E-state index >= 15 is 0 Å². The van der Waals surface area contributed by atoms with Gasteiger partial charge in [0.25, 0.3) is 0 Å². The van der Waals surface area contributed by atoms with Crippen LogP contribution < -0.4 is 10.5 Å². The summed E-state index contributed by atoms with van der Waals surface area (Å²) in [5, 5.41) is 0. The third-order valence-corrected chi connectivity index (χ3v) is 1.89. The van der Waals surface area contributed by atoms with Crippen molar-refractivity contribution in [2.45, 2.75) is 13.2 Å². The van der Waals surface area contributed by atoms with Gasteiger partial charge in [-0.15, -0.1) is 0 Å². The van der Waals surface area contributed by atoms with Crippen molar-refractivity contribution in [3.05, 3.63) is 42.5 Å². The number of rotatable bonds is 5. The molecule has 1 rings (SSSR count). The van der Waals surface area contributed by atoms with E-state index in [0.29, 0.717) is 5.75 Å². The molecule has 86 valence electrons. The first-order valence-electron chi connectivity index (χ1n) is 4.98. The number of carbonyl (C=O) groups excluding carboxylic acids is 1. The third-order valence-electron chi connectivity index (χ3n) is 1.89. The Hall–Kier alpha value is -1.81.